The number of halogens is 1. The Morgan fingerprint density at radius 1 is 1.78 bits per heavy atom. The van der Waals surface area contributed by atoms with Gasteiger partial charge in [-0.1, -0.05) is 6.58 Å². The predicted octanol–water partition coefficient (Wildman–Crippen LogP) is 1.36. The third-order valence-corrected chi connectivity index (χ3v) is 0.567. The topological polar surface area (TPSA) is 38.4 Å². The number of rotatable bonds is 2. The highest BCUT2D eigenvalue weighted by Crippen LogP contribution is 1.91. The van der Waals surface area contributed by atoms with Crippen molar-refractivity contribution in [2.24, 2.45) is 10.7 Å². The van der Waals surface area contributed by atoms with Crippen LogP contribution in [0.1, 0.15) is 6.92 Å². The maximum atomic E-state index is 12.0. The summed E-state index contributed by atoms with van der Waals surface area (Å²) in [6, 6.07) is 0. The Hall–Kier alpha value is -1.12. The van der Waals surface area contributed by atoms with Crippen molar-refractivity contribution in [3.63, 3.8) is 0 Å². The minimum atomic E-state index is -0.557. The van der Waals surface area contributed by atoms with Crippen LogP contribution in [0.3, 0.4) is 0 Å². The number of aliphatic imine (C=N–C) groups is 1. The lowest BCUT2D eigenvalue weighted by atomic mass is 10.5. The van der Waals surface area contributed by atoms with E-state index in [0.29, 0.717) is 5.70 Å². The molecule has 2 N–H and O–H groups in total. The summed E-state index contributed by atoms with van der Waals surface area (Å²) in [5, 5.41) is 0. The number of hydrogen-bond acceptors (Lipinski definition) is 2. The molecular weight excluding hydrogens is 119 g/mol. The van der Waals surface area contributed by atoms with Gasteiger partial charge in [0, 0.05) is 11.9 Å². The Bertz CT molecular complexity index is 158. The summed E-state index contributed by atoms with van der Waals surface area (Å²) in [7, 11) is 0. The van der Waals surface area contributed by atoms with Gasteiger partial charge in [0.15, 0.2) is 5.83 Å². The monoisotopic (exact) mass is 128 g/mol. The highest BCUT2D eigenvalue weighted by molar-refractivity contribution is 5.76. The van der Waals surface area contributed by atoms with Gasteiger partial charge >= 0.3 is 0 Å². The van der Waals surface area contributed by atoms with E-state index in [4.69, 9.17) is 5.73 Å². The molecule has 0 fully saturated rings. The fourth-order valence-electron chi connectivity index (χ4n) is 0.215. The second-order valence-corrected chi connectivity index (χ2v) is 1.55. The van der Waals surface area contributed by atoms with Crippen molar-refractivity contribution in [2.75, 3.05) is 0 Å². The van der Waals surface area contributed by atoms with E-state index in [1.54, 1.807) is 6.92 Å². The molecule has 0 atom stereocenters. The Kier molecular flexibility index (Phi) is 3.35. The molecule has 0 bridgehead atoms. The van der Waals surface area contributed by atoms with E-state index in [1.807, 2.05) is 0 Å². The molecule has 3 heteroatoms. The van der Waals surface area contributed by atoms with E-state index in [2.05, 4.69) is 11.6 Å². The number of nitrogens with two attached hydrogens (primary N) is 1. The zero-order valence-corrected chi connectivity index (χ0v) is 5.26. The van der Waals surface area contributed by atoms with E-state index >= 15 is 0 Å². The van der Waals surface area contributed by atoms with Crippen molar-refractivity contribution in [3.05, 3.63) is 24.3 Å². The van der Waals surface area contributed by atoms with Gasteiger partial charge in [-0.2, -0.15) is 0 Å². The minimum Gasteiger partial charge on any atom is -0.402 e. The van der Waals surface area contributed by atoms with Crippen molar-refractivity contribution in [2.45, 2.75) is 6.92 Å². The van der Waals surface area contributed by atoms with Gasteiger partial charge in [-0.05, 0) is 6.92 Å². The first-order valence-corrected chi connectivity index (χ1v) is 2.44. The zero-order chi connectivity index (χ0) is 7.28. The first-order valence-electron chi connectivity index (χ1n) is 2.44. The average molecular weight is 128 g/mol. The van der Waals surface area contributed by atoms with Crippen LogP contribution in [0.15, 0.2) is 29.3 Å². The molecule has 0 aliphatic rings. The van der Waals surface area contributed by atoms with Gasteiger partial charge < -0.3 is 5.73 Å². The standard InChI is InChI=1S/C6H9FN2/c1-5(2)9-4-6(7)3-8/h3-4H,1,8H2,2H3/b6-3+,9-4?. The molecule has 0 saturated heterocycles. The molecule has 0 aliphatic carbocycles. The molecule has 0 amide bonds. The van der Waals surface area contributed by atoms with Crippen LogP contribution in [-0.4, -0.2) is 6.21 Å². The second-order valence-electron chi connectivity index (χ2n) is 1.55. The summed E-state index contributed by atoms with van der Waals surface area (Å²) in [4.78, 5) is 3.55. The van der Waals surface area contributed by atoms with Crippen LogP contribution in [-0.2, 0) is 0 Å². The summed E-state index contributed by atoms with van der Waals surface area (Å²) in [6.45, 7) is 5.10. The maximum absolute atomic E-state index is 12.0. The van der Waals surface area contributed by atoms with Gasteiger partial charge in [-0.3, -0.25) is 4.99 Å². The highest BCUT2D eigenvalue weighted by atomic mass is 19.1. The van der Waals surface area contributed by atoms with Crippen LogP contribution in [0, 0.1) is 0 Å². The molecule has 0 spiro atoms. The normalized spacial score (nSPS) is 12.4. The first-order chi connectivity index (χ1) is 4.16. The lowest BCUT2D eigenvalue weighted by Gasteiger charge is -1.83. The lowest BCUT2D eigenvalue weighted by molar-refractivity contribution is 0.683. The molecule has 0 radical (unpaired) electrons. The van der Waals surface area contributed by atoms with Crippen LogP contribution >= 0.6 is 0 Å². The molecule has 0 saturated carbocycles. The summed E-state index contributed by atoms with van der Waals surface area (Å²) in [6.07, 6.45) is 1.86. The largest absolute Gasteiger partial charge is 0.402 e. The van der Waals surface area contributed by atoms with E-state index in [9.17, 15) is 4.39 Å². The van der Waals surface area contributed by atoms with E-state index in [1.165, 1.54) is 0 Å². The number of allylic oxidation sites excluding steroid dienone is 2. The van der Waals surface area contributed by atoms with Crippen molar-refractivity contribution >= 4 is 6.21 Å². The number of nitrogens with zero attached hydrogens (tertiary/aromatic N) is 1. The highest BCUT2D eigenvalue weighted by Gasteiger charge is 1.82. The van der Waals surface area contributed by atoms with E-state index in [-0.39, 0.29) is 0 Å². The molecule has 0 unspecified atom stereocenters. The molecule has 0 aromatic carbocycles. The van der Waals surface area contributed by atoms with Gasteiger partial charge in [0.25, 0.3) is 0 Å². The quantitative estimate of drug-likeness (QED) is 0.560. The summed E-state index contributed by atoms with van der Waals surface area (Å²) >= 11 is 0. The van der Waals surface area contributed by atoms with Gasteiger partial charge in [-0.15, -0.1) is 0 Å². The van der Waals surface area contributed by atoms with Crippen molar-refractivity contribution < 1.29 is 4.39 Å². The molecule has 0 aromatic heterocycles. The Morgan fingerprint density at radius 2 is 2.33 bits per heavy atom. The molecule has 0 aliphatic heterocycles. The predicted molar refractivity (Wildman–Crippen MR) is 36.7 cm³/mol. The average Bonchev–Trinajstić information content (AvgIpc) is 1.83. The van der Waals surface area contributed by atoms with Crippen LogP contribution < -0.4 is 5.73 Å². The molecule has 9 heavy (non-hydrogen) atoms. The van der Waals surface area contributed by atoms with Crippen LogP contribution in [0.2, 0.25) is 0 Å². The van der Waals surface area contributed by atoms with Crippen molar-refractivity contribution in [1.82, 2.24) is 0 Å². The van der Waals surface area contributed by atoms with Crippen LogP contribution in [0.25, 0.3) is 0 Å². The van der Waals surface area contributed by atoms with Crippen molar-refractivity contribution in [3.8, 4) is 0 Å². The lowest BCUT2D eigenvalue weighted by Crippen LogP contribution is -1.83. The van der Waals surface area contributed by atoms with Gasteiger partial charge in [0.2, 0.25) is 0 Å². The molecule has 2 nitrogen and oxygen atoms in total. The maximum Gasteiger partial charge on any atom is 0.156 e. The van der Waals surface area contributed by atoms with Crippen LogP contribution in [0.5, 0.6) is 0 Å². The zero-order valence-electron chi connectivity index (χ0n) is 5.26. The first kappa shape index (κ1) is 7.88. The third-order valence-electron chi connectivity index (χ3n) is 0.567. The van der Waals surface area contributed by atoms with E-state index in [0.717, 1.165) is 12.4 Å². The smallest absolute Gasteiger partial charge is 0.156 e. The summed E-state index contributed by atoms with van der Waals surface area (Å²) in [5.41, 5.74) is 5.35. The fourth-order valence-corrected chi connectivity index (χ4v) is 0.215. The molecule has 0 aromatic rings. The molecule has 0 rings (SSSR count). The van der Waals surface area contributed by atoms with Gasteiger partial charge in [0.05, 0.1) is 6.21 Å². The summed E-state index contributed by atoms with van der Waals surface area (Å²) in [5.74, 6) is -0.557. The van der Waals surface area contributed by atoms with Gasteiger partial charge in [-0.25, -0.2) is 4.39 Å². The Labute approximate surface area is 53.6 Å². The molecular formula is C6H9FN2. The van der Waals surface area contributed by atoms with E-state index < -0.39 is 5.83 Å². The summed E-state index contributed by atoms with van der Waals surface area (Å²) < 4.78 is 12.0. The fraction of sp³-hybridized carbons (Fsp3) is 0.167. The molecule has 0 heterocycles. The molecule has 50 valence electrons. The number of hydrogen-bond donors (Lipinski definition) is 1. The Balaban J connectivity index is 3.86. The second kappa shape index (κ2) is 3.83. The van der Waals surface area contributed by atoms with Gasteiger partial charge in [0.1, 0.15) is 0 Å². The third kappa shape index (κ3) is 4.74. The van der Waals surface area contributed by atoms with Crippen LogP contribution in [0.4, 0.5) is 4.39 Å². The Morgan fingerprint density at radius 3 is 2.67 bits per heavy atom. The SMILES string of the molecule is C=C(C)N=C/C(F)=C\N. The van der Waals surface area contributed by atoms with Crippen molar-refractivity contribution in [1.29, 1.82) is 0 Å². The minimum absolute atomic E-state index is 0.548.